The Balaban J connectivity index is 1.66. The molecule has 1 aromatic carbocycles. The molecule has 2 heterocycles. The van der Waals surface area contributed by atoms with E-state index in [0.717, 1.165) is 33.8 Å². The van der Waals surface area contributed by atoms with Crippen LogP contribution in [0.15, 0.2) is 72.6 Å². The second kappa shape index (κ2) is 7.08. The van der Waals surface area contributed by atoms with Crippen molar-refractivity contribution < 1.29 is 9.53 Å². The number of carbonyl (C=O) groups is 1. The van der Waals surface area contributed by atoms with Gasteiger partial charge < -0.3 is 9.64 Å². The summed E-state index contributed by atoms with van der Waals surface area (Å²) in [4.78, 5) is 18.3. The second-order valence-electron chi connectivity index (χ2n) is 6.36. The molecule has 0 unspecified atom stereocenters. The number of anilines is 1. The maximum absolute atomic E-state index is 12.0. The molecule has 27 heavy (non-hydrogen) atoms. The third kappa shape index (κ3) is 3.22. The van der Waals surface area contributed by atoms with E-state index in [-0.39, 0.29) is 5.78 Å². The summed E-state index contributed by atoms with van der Waals surface area (Å²) in [6.45, 7) is 2.64. The Morgan fingerprint density at radius 2 is 2.00 bits per heavy atom. The predicted octanol–water partition coefficient (Wildman–Crippen LogP) is 4.66. The largest absolute Gasteiger partial charge is 0.494 e. The summed E-state index contributed by atoms with van der Waals surface area (Å²) < 4.78 is 5.59. The molecule has 2 aliphatic rings. The molecule has 2 aromatic rings. The van der Waals surface area contributed by atoms with Gasteiger partial charge in [0.2, 0.25) is 5.78 Å². The zero-order valence-corrected chi connectivity index (χ0v) is 15.3. The number of allylic oxidation sites excluding steroid dienone is 6. The van der Waals surface area contributed by atoms with E-state index >= 15 is 0 Å². The van der Waals surface area contributed by atoms with Crippen molar-refractivity contribution in [1.29, 1.82) is 0 Å². The number of carbonyl (C=O) groups excluding carboxylic acids is 1. The van der Waals surface area contributed by atoms with Crippen LogP contribution in [0, 0.1) is 0 Å². The van der Waals surface area contributed by atoms with Gasteiger partial charge in [0.05, 0.1) is 6.61 Å². The number of rotatable bonds is 3. The summed E-state index contributed by atoms with van der Waals surface area (Å²) in [6.07, 6.45) is 13.3. The van der Waals surface area contributed by atoms with E-state index in [4.69, 9.17) is 4.74 Å². The number of ketones is 1. The number of pyridine rings is 1. The van der Waals surface area contributed by atoms with Gasteiger partial charge in [0.25, 0.3) is 0 Å². The van der Waals surface area contributed by atoms with Gasteiger partial charge in [0.15, 0.2) is 0 Å². The maximum atomic E-state index is 12.0. The van der Waals surface area contributed by atoms with Crippen LogP contribution in [-0.4, -0.2) is 24.4 Å². The van der Waals surface area contributed by atoms with Crippen LogP contribution < -0.4 is 9.64 Å². The maximum Gasteiger partial charge on any atom is 0.204 e. The van der Waals surface area contributed by atoms with Crippen LogP contribution in [0.2, 0.25) is 0 Å². The number of aromatic nitrogens is 1. The Morgan fingerprint density at radius 1 is 1.11 bits per heavy atom. The van der Waals surface area contributed by atoms with Crippen molar-refractivity contribution in [3.8, 4) is 5.75 Å². The minimum atomic E-state index is -0.0517. The molecule has 0 bridgehead atoms. The van der Waals surface area contributed by atoms with Crippen molar-refractivity contribution in [2.24, 2.45) is 0 Å². The molecule has 0 saturated carbocycles. The van der Waals surface area contributed by atoms with Gasteiger partial charge in [-0.1, -0.05) is 24.3 Å². The third-order valence-electron chi connectivity index (χ3n) is 4.69. The highest BCUT2D eigenvalue weighted by Crippen LogP contribution is 2.33. The summed E-state index contributed by atoms with van der Waals surface area (Å²) in [7, 11) is 2.04. The quantitative estimate of drug-likeness (QED) is 0.802. The van der Waals surface area contributed by atoms with Crippen molar-refractivity contribution >= 4 is 23.1 Å². The van der Waals surface area contributed by atoms with Crippen molar-refractivity contribution in [2.75, 3.05) is 18.6 Å². The molecule has 0 radical (unpaired) electrons. The molecular formula is C23H20N2O2. The smallest absolute Gasteiger partial charge is 0.204 e. The highest BCUT2D eigenvalue weighted by atomic mass is 16.5. The summed E-state index contributed by atoms with van der Waals surface area (Å²) in [5.74, 6) is 0.828. The number of fused-ring (bicyclic) bond motifs is 2. The van der Waals surface area contributed by atoms with Crippen LogP contribution in [0.5, 0.6) is 5.75 Å². The monoisotopic (exact) mass is 356 g/mol. The van der Waals surface area contributed by atoms with Gasteiger partial charge in [0, 0.05) is 35.8 Å². The molecule has 134 valence electrons. The fraction of sp³-hybridized carbons (Fsp3) is 0.130. The van der Waals surface area contributed by atoms with Crippen molar-refractivity contribution in [1.82, 2.24) is 4.98 Å². The molecule has 0 N–H and O–H groups in total. The fourth-order valence-corrected chi connectivity index (χ4v) is 3.31. The van der Waals surface area contributed by atoms with E-state index in [9.17, 15) is 4.79 Å². The van der Waals surface area contributed by atoms with E-state index in [1.165, 1.54) is 0 Å². The van der Waals surface area contributed by atoms with Gasteiger partial charge in [-0.15, -0.1) is 0 Å². The lowest BCUT2D eigenvalue weighted by atomic mass is 9.95. The first-order chi connectivity index (χ1) is 13.2. The topological polar surface area (TPSA) is 42.4 Å². The Morgan fingerprint density at radius 3 is 2.85 bits per heavy atom. The first-order valence-corrected chi connectivity index (χ1v) is 8.96. The molecule has 0 spiro atoms. The van der Waals surface area contributed by atoms with Crippen LogP contribution in [0.4, 0.5) is 5.69 Å². The molecule has 0 amide bonds. The number of hydrogen-bond acceptors (Lipinski definition) is 4. The van der Waals surface area contributed by atoms with Gasteiger partial charge in [-0.25, -0.2) is 0 Å². The Kier molecular flexibility index (Phi) is 4.47. The molecule has 4 rings (SSSR count). The number of likely N-dealkylation sites (N-methyl/N-ethyl adjacent to an activating group) is 1. The zero-order chi connectivity index (χ0) is 18.8. The number of nitrogens with zero attached hydrogens (tertiary/aromatic N) is 2. The summed E-state index contributed by atoms with van der Waals surface area (Å²) >= 11 is 0. The molecule has 0 saturated heterocycles. The first-order valence-electron chi connectivity index (χ1n) is 8.96. The lowest BCUT2D eigenvalue weighted by Crippen LogP contribution is -2.18. The molecular weight excluding hydrogens is 336 g/mol. The molecule has 1 aliphatic heterocycles. The molecule has 1 aliphatic carbocycles. The van der Waals surface area contributed by atoms with Crippen LogP contribution in [0.3, 0.4) is 0 Å². The van der Waals surface area contributed by atoms with Crippen molar-refractivity contribution in [3.63, 3.8) is 0 Å². The standard InChI is InChI=1S/C23H20N2O2/c1-3-27-19-11-12-21-17(15-19)7-10-18(25(21)2)9-6-16-8-13-22(26)23-20(16)5-4-14-24-23/h4-15H,3H2,1-2H3/b16-6+,18-9+. The highest BCUT2D eigenvalue weighted by molar-refractivity contribution is 6.11. The van der Waals surface area contributed by atoms with Gasteiger partial charge in [0.1, 0.15) is 11.4 Å². The summed E-state index contributed by atoms with van der Waals surface area (Å²) in [5, 5.41) is 0. The Hall–Kier alpha value is -3.40. The SMILES string of the molecule is CCOc1ccc2c(c1)C=C/C(=C\C=C1/C=CC(=O)c3ncccc31)N2C. The number of hydrogen-bond donors (Lipinski definition) is 0. The first kappa shape index (κ1) is 17.0. The van der Waals surface area contributed by atoms with Crippen molar-refractivity contribution in [3.05, 3.63) is 89.4 Å². The average molecular weight is 356 g/mol. The minimum absolute atomic E-state index is 0.0517. The molecule has 0 fully saturated rings. The van der Waals surface area contributed by atoms with E-state index < -0.39 is 0 Å². The third-order valence-corrected chi connectivity index (χ3v) is 4.69. The fourth-order valence-electron chi connectivity index (χ4n) is 3.31. The number of benzene rings is 1. The van der Waals surface area contributed by atoms with Gasteiger partial charge in [-0.05, 0) is 55.0 Å². The summed E-state index contributed by atoms with van der Waals surface area (Å²) in [6, 6.07) is 9.90. The molecule has 0 atom stereocenters. The molecule has 4 nitrogen and oxygen atoms in total. The molecule has 4 heteroatoms. The highest BCUT2D eigenvalue weighted by Gasteiger charge is 2.17. The average Bonchev–Trinajstić information content (AvgIpc) is 2.69. The van der Waals surface area contributed by atoms with E-state index in [1.807, 2.05) is 44.3 Å². The minimum Gasteiger partial charge on any atom is -0.494 e. The Bertz CT molecular complexity index is 1030. The van der Waals surface area contributed by atoms with Gasteiger partial charge in [-0.3, -0.25) is 9.78 Å². The van der Waals surface area contributed by atoms with Crippen LogP contribution >= 0.6 is 0 Å². The van der Waals surface area contributed by atoms with Gasteiger partial charge >= 0.3 is 0 Å². The normalized spacial score (nSPS) is 18.0. The van der Waals surface area contributed by atoms with E-state index in [2.05, 4.69) is 40.2 Å². The number of ether oxygens (including phenoxy) is 1. The van der Waals surface area contributed by atoms with Crippen LogP contribution in [-0.2, 0) is 0 Å². The lowest BCUT2D eigenvalue weighted by molar-refractivity contribution is 0.104. The van der Waals surface area contributed by atoms with E-state index in [0.29, 0.717) is 12.3 Å². The van der Waals surface area contributed by atoms with Crippen LogP contribution in [0.25, 0.3) is 11.6 Å². The summed E-state index contributed by atoms with van der Waals surface area (Å²) in [5.41, 5.74) is 5.67. The van der Waals surface area contributed by atoms with E-state index in [1.54, 1.807) is 12.3 Å². The lowest BCUT2D eigenvalue weighted by Gasteiger charge is -2.26. The second-order valence-corrected chi connectivity index (χ2v) is 6.36. The van der Waals surface area contributed by atoms with Crippen molar-refractivity contribution in [2.45, 2.75) is 6.92 Å². The zero-order valence-electron chi connectivity index (χ0n) is 15.3. The predicted molar refractivity (Wildman–Crippen MR) is 109 cm³/mol. The van der Waals surface area contributed by atoms with Crippen LogP contribution in [0.1, 0.15) is 28.5 Å². The van der Waals surface area contributed by atoms with Gasteiger partial charge in [-0.2, -0.15) is 0 Å². The Labute approximate surface area is 158 Å². The molecule has 1 aromatic heterocycles.